The molecule has 4 heteroatoms. The minimum Gasteiger partial charge on any atom is -0.339 e. The van der Waals surface area contributed by atoms with E-state index in [2.05, 4.69) is 5.10 Å². The Kier molecular flexibility index (Phi) is 2.04. The van der Waals surface area contributed by atoms with Gasteiger partial charge in [0.05, 0.1) is 6.20 Å². The summed E-state index contributed by atoms with van der Waals surface area (Å²) in [7, 11) is 1.92. The van der Waals surface area contributed by atoms with Gasteiger partial charge in [0.15, 0.2) is 0 Å². The summed E-state index contributed by atoms with van der Waals surface area (Å²) in [6.07, 6.45) is 1.78. The van der Waals surface area contributed by atoms with Gasteiger partial charge in [-0.1, -0.05) is 18.2 Å². The van der Waals surface area contributed by atoms with Gasteiger partial charge in [-0.05, 0) is 13.0 Å². The molecule has 0 unspecified atom stereocenters. The van der Waals surface area contributed by atoms with Gasteiger partial charge in [-0.2, -0.15) is 5.10 Å². The van der Waals surface area contributed by atoms with Gasteiger partial charge in [-0.3, -0.25) is 4.79 Å². The molecule has 0 saturated heterocycles. The first-order valence-electron chi connectivity index (χ1n) is 5.67. The fourth-order valence-corrected chi connectivity index (χ4v) is 2.34. The van der Waals surface area contributed by atoms with E-state index in [0.29, 0.717) is 6.54 Å². The molecule has 3 aromatic rings. The highest BCUT2D eigenvalue weighted by Crippen LogP contribution is 2.24. The fraction of sp³-hybridized carbons (Fsp3) is 0.231. The van der Waals surface area contributed by atoms with Gasteiger partial charge in [0.25, 0.3) is 5.56 Å². The highest BCUT2D eigenvalue weighted by atomic mass is 16.1. The quantitative estimate of drug-likeness (QED) is 0.637. The van der Waals surface area contributed by atoms with Crippen LogP contribution in [-0.2, 0) is 13.6 Å². The zero-order chi connectivity index (χ0) is 12.0. The molecule has 0 N–H and O–H groups in total. The number of hydrogen-bond acceptors (Lipinski definition) is 2. The number of aryl methyl sites for hydroxylation is 2. The number of nitrogens with zero attached hydrogens (tertiary/aromatic N) is 3. The lowest BCUT2D eigenvalue weighted by molar-refractivity contribution is 0.620. The Morgan fingerprint density at radius 3 is 2.76 bits per heavy atom. The number of para-hydroxylation sites is 1. The van der Waals surface area contributed by atoms with Crippen molar-refractivity contribution in [3.63, 3.8) is 0 Å². The van der Waals surface area contributed by atoms with Crippen LogP contribution in [-0.4, -0.2) is 14.3 Å². The minimum absolute atomic E-state index is 0.0244. The molecule has 0 saturated carbocycles. The van der Waals surface area contributed by atoms with E-state index >= 15 is 0 Å². The second-order valence-corrected chi connectivity index (χ2v) is 4.10. The SMILES string of the molecule is CCn1ncc2c3ccccc3n(C)c2c1=O. The Bertz CT molecular complexity index is 767. The van der Waals surface area contributed by atoms with Crippen molar-refractivity contribution in [3.8, 4) is 0 Å². The molecule has 86 valence electrons. The Balaban J connectivity index is 2.62. The van der Waals surface area contributed by atoms with Crippen LogP contribution in [0.2, 0.25) is 0 Å². The standard InChI is InChI=1S/C13H13N3O/c1-3-16-13(17)12-10(8-14-16)9-6-4-5-7-11(9)15(12)2/h4-8H,3H2,1-2H3. The molecule has 2 heterocycles. The summed E-state index contributed by atoms with van der Waals surface area (Å²) in [6.45, 7) is 2.51. The van der Waals surface area contributed by atoms with Crippen LogP contribution in [0.3, 0.4) is 0 Å². The summed E-state index contributed by atoms with van der Waals surface area (Å²) in [6, 6.07) is 8.00. The molecule has 3 rings (SSSR count). The molecule has 17 heavy (non-hydrogen) atoms. The van der Waals surface area contributed by atoms with E-state index in [1.165, 1.54) is 4.68 Å². The molecule has 1 aromatic carbocycles. The van der Waals surface area contributed by atoms with Crippen LogP contribution in [0.4, 0.5) is 0 Å². The van der Waals surface area contributed by atoms with Gasteiger partial charge in [-0.15, -0.1) is 0 Å². The van der Waals surface area contributed by atoms with E-state index in [4.69, 9.17) is 0 Å². The Hall–Kier alpha value is -2.10. The average Bonchev–Trinajstić information content (AvgIpc) is 2.65. The summed E-state index contributed by atoms with van der Waals surface area (Å²) in [5, 5.41) is 6.19. The lowest BCUT2D eigenvalue weighted by Gasteiger charge is -2.01. The van der Waals surface area contributed by atoms with Crippen LogP contribution in [0.25, 0.3) is 21.8 Å². The average molecular weight is 227 g/mol. The molecule has 4 nitrogen and oxygen atoms in total. The van der Waals surface area contributed by atoms with E-state index in [0.717, 1.165) is 21.8 Å². The first kappa shape index (κ1) is 10.1. The van der Waals surface area contributed by atoms with Crippen molar-refractivity contribution in [1.82, 2.24) is 14.3 Å². The molecule has 2 aromatic heterocycles. The third-order valence-corrected chi connectivity index (χ3v) is 3.21. The Labute approximate surface area is 98.1 Å². The summed E-state index contributed by atoms with van der Waals surface area (Å²) >= 11 is 0. The summed E-state index contributed by atoms with van der Waals surface area (Å²) in [5.41, 5.74) is 1.77. The predicted octanol–water partition coefficient (Wildman–Crippen LogP) is 1.91. The van der Waals surface area contributed by atoms with Gasteiger partial charge in [0, 0.05) is 29.9 Å². The maximum absolute atomic E-state index is 12.2. The fourth-order valence-electron chi connectivity index (χ4n) is 2.34. The second-order valence-electron chi connectivity index (χ2n) is 4.10. The summed E-state index contributed by atoms with van der Waals surface area (Å²) < 4.78 is 3.43. The van der Waals surface area contributed by atoms with Crippen molar-refractivity contribution in [2.45, 2.75) is 13.5 Å². The van der Waals surface area contributed by atoms with Crippen molar-refractivity contribution in [1.29, 1.82) is 0 Å². The highest BCUT2D eigenvalue weighted by molar-refractivity contribution is 6.07. The molecule has 0 atom stereocenters. The van der Waals surface area contributed by atoms with Crippen LogP contribution in [0.5, 0.6) is 0 Å². The van der Waals surface area contributed by atoms with Gasteiger partial charge < -0.3 is 4.57 Å². The first-order valence-corrected chi connectivity index (χ1v) is 5.67. The monoisotopic (exact) mass is 227 g/mol. The highest BCUT2D eigenvalue weighted by Gasteiger charge is 2.12. The van der Waals surface area contributed by atoms with E-state index in [9.17, 15) is 4.79 Å². The molecular formula is C13H13N3O. The smallest absolute Gasteiger partial charge is 0.291 e. The lowest BCUT2D eigenvalue weighted by atomic mass is 10.2. The minimum atomic E-state index is -0.0244. The molecule has 0 aliphatic rings. The zero-order valence-electron chi connectivity index (χ0n) is 9.84. The Morgan fingerprint density at radius 2 is 2.00 bits per heavy atom. The molecule has 0 amide bonds. The van der Waals surface area contributed by atoms with Gasteiger partial charge >= 0.3 is 0 Å². The summed E-state index contributed by atoms with van der Waals surface area (Å²) in [4.78, 5) is 12.2. The van der Waals surface area contributed by atoms with Crippen LogP contribution in [0.1, 0.15) is 6.92 Å². The third kappa shape index (κ3) is 1.24. The van der Waals surface area contributed by atoms with Crippen LogP contribution in [0.15, 0.2) is 35.3 Å². The topological polar surface area (TPSA) is 39.8 Å². The number of aromatic nitrogens is 3. The molecule has 0 fully saturated rings. The maximum Gasteiger partial charge on any atom is 0.291 e. The molecule has 0 radical (unpaired) electrons. The third-order valence-electron chi connectivity index (χ3n) is 3.21. The van der Waals surface area contributed by atoms with Gasteiger partial charge in [0.1, 0.15) is 5.52 Å². The van der Waals surface area contributed by atoms with Crippen molar-refractivity contribution in [3.05, 3.63) is 40.8 Å². The number of rotatable bonds is 1. The lowest BCUT2D eigenvalue weighted by Crippen LogP contribution is -2.22. The second kappa shape index (κ2) is 3.45. The van der Waals surface area contributed by atoms with Crippen LogP contribution >= 0.6 is 0 Å². The Morgan fingerprint density at radius 1 is 1.24 bits per heavy atom. The maximum atomic E-state index is 12.2. The van der Waals surface area contributed by atoms with E-state index in [1.807, 2.05) is 42.8 Å². The first-order chi connectivity index (χ1) is 8.24. The van der Waals surface area contributed by atoms with Gasteiger partial charge in [-0.25, -0.2) is 4.68 Å². The van der Waals surface area contributed by atoms with Crippen molar-refractivity contribution in [2.24, 2.45) is 7.05 Å². The van der Waals surface area contributed by atoms with E-state index < -0.39 is 0 Å². The zero-order valence-corrected chi connectivity index (χ0v) is 9.84. The normalized spacial score (nSPS) is 11.4. The van der Waals surface area contributed by atoms with Gasteiger partial charge in [0.2, 0.25) is 0 Å². The molecular weight excluding hydrogens is 214 g/mol. The van der Waals surface area contributed by atoms with Crippen molar-refractivity contribution >= 4 is 21.8 Å². The molecule has 0 aliphatic carbocycles. The van der Waals surface area contributed by atoms with Crippen LogP contribution in [0, 0.1) is 0 Å². The molecule has 0 bridgehead atoms. The van der Waals surface area contributed by atoms with Crippen molar-refractivity contribution in [2.75, 3.05) is 0 Å². The van der Waals surface area contributed by atoms with E-state index in [-0.39, 0.29) is 5.56 Å². The van der Waals surface area contributed by atoms with Crippen molar-refractivity contribution < 1.29 is 0 Å². The van der Waals surface area contributed by atoms with E-state index in [1.54, 1.807) is 6.20 Å². The number of benzene rings is 1. The molecule has 0 spiro atoms. The predicted molar refractivity (Wildman–Crippen MR) is 68.2 cm³/mol. The number of hydrogen-bond donors (Lipinski definition) is 0. The van der Waals surface area contributed by atoms with Crippen LogP contribution < -0.4 is 5.56 Å². The largest absolute Gasteiger partial charge is 0.339 e. The summed E-state index contributed by atoms with van der Waals surface area (Å²) in [5.74, 6) is 0. The molecule has 0 aliphatic heterocycles. The number of fused-ring (bicyclic) bond motifs is 3.